The van der Waals surface area contributed by atoms with Gasteiger partial charge >= 0.3 is 95.5 Å². The molecule has 1 N–H and O–H groups in total. The molecule has 1 aromatic rings. The maximum atomic E-state index is 5.78. The van der Waals surface area contributed by atoms with E-state index in [0.717, 1.165) is 9.82 Å². The Balaban J connectivity index is 2.83. The molecule has 77 valence electrons. The van der Waals surface area contributed by atoms with E-state index >= 15 is 0 Å². The number of rotatable bonds is 4. The molecular weight excluding hydrogens is 262 g/mol. The van der Waals surface area contributed by atoms with E-state index in [1.165, 1.54) is 0 Å². The Labute approximate surface area is 95.6 Å². The third kappa shape index (κ3) is 3.80. The number of halogens is 1. The van der Waals surface area contributed by atoms with Crippen LogP contribution < -0.4 is 9.93 Å². The molecule has 0 amide bonds. The second kappa shape index (κ2) is 5.52. The van der Waals surface area contributed by atoms with Crippen molar-refractivity contribution in [1.29, 1.82) is 0 Å². The molecule has 0 fully saturated rings. The van der Waals surface area contributed by atoms with Gasteiger partial charge in [0.1, 0.15) is 0 Å². The predicted octanol–water partition coefficient (Wildman–Crippen LogP) is 1.11. The van der Waals surface area contributed by atoms with E-state index in [9.17, 15) is 0 Å². The van der Waals surface area contributed by atoms with E-state index in [1.807, 2.05) is 13.8 Å². The van der Waals surface area contributed by atoms with E-state index in [4.69, 9.17) is 11.6 Å². The summed E-state index contributed by atoms with van der Waals surface area (Å²) in [5.41, 5.74) is 0. The Morgan fingerprint density at radius 2 is 2.07 bits per heavy atom. The molecule has 0 saturated carbocycles. The van der Waals surface area contributed by atoms with Gasteiger partial charge in [0.25, 0.3) is 0 Å². The summed E-state index contributed by atoms with van der Waals surface area (Å²) in [7, 11) is 0. The molecule has 1 rings (SSSR count). The van der Waals surface area contributed by atoms with Crippen molar-refractivity contribution >= 4 is 37.9 Å². The second-order valence-corrected chi connectivity index (χ2v) is 6.17. The first kappa shape index (κ1) is 11.7. The van der Waals surface area contributed by atoms with Crippen LogP contribution in [0, 0.1) is 0 Å². The van der Waals surface area contributed by atoms with Crippen molar-refractivity contribution in [3.63, 3.8) is 0 Å². The van der Waals surface area contributed by atoms with Crippen molar-refractivity contribution in [1.82, 2.24) is 15.0 Å². The molecule has 1 aromatic heterocycles. The van der Waals surface area contributed by atoms with Crippen LogP contribution >= 0.6 is 11.6 Å². The minimum absolute atomic E-state index is 0.0233. The molecule has 14 heavy (non-hydrogen) atoms. The van der Waals surface area contributed by atoms with Gasteiger partial charge in [-0.25, -0.2) is 0 Å². The molecule has 0 spiro atoms. The normalized spacial score (nSPS) is 11.5. The minimum atomic E-state index is 0.0233. The molecule has 0 aliphatic carbocycles. The monoisotopic (exact) mass is 275 g/mol. The molecule has 0 aliphatic rings. The van der Waals surface area contributed by atoms with Crippen molar-refractivity contribution in [3.05, 3.63) is 5.28 Å². The Hall–Kier alpha value is -0.342. The van der Waals surface area contributed by atoms with E-state index in [-0.39, 0.29) is 21.0 Å². The summed E-state index contributed by atoms with van der Waals surface area (Å²) >= 11 is 5.81. The third-order valence-corrected chi connectivity index (χ3v) is 3.16. The number of aromatic nitrogens is 3. The van der Waals surface area contributed by atoms with Crippen LogP contribution in [0.5, 0.6) is 0 Å². The summed E-state index contributed by atoms with van der Waals surface area (Å²) in [4.78, 5) is 12.4. The first-order valence-electron chi connectivity index (χ1n) is 4.47. The fraction of sp³-hybridized carbons (Fsp3) is 0.625. The van der Waals surface area contributed by atoms with Gasteiger partial charge in [0.05, 0.1) is 0 Å². The van der Waals surface area contributed by atoms with Crippen LogP contribution in [-0.4, -0.2) is 36.7 Å². The van der Waals surface area contributed by atoms with Crippen LogP contribution in [0.25, 0.3) is 0 Å². The zero-order valence-corrected chi connectivity index (χ0v) is 11.1. The van der Waals surface area contributed by atoms with Crippen LogP contribution in [0.1, 0.15) is 20.8 Å². The fourth-order valence-corrected chi connectivity index (χ4v) is 2.45. The van der Waals surface area contributed by atoms with Gasteiger partial charge in [0, 0.05) is 0 Å². The van der Waals surface area contributed by atoms with Gasteiger partial charge in [-0.05, 0) is 0 Å². The zero-order valence-electron chi connectivity index (χ0n) is 8.45. The van der Waals surface area contributed by atoms with Crippen molar-refractivity contribution in [2.24, 2.45) is 0 Å². The zero-order chi connectivity index (χ0) is 10.6. The first-order chi connectivity index (χ1) is 6.61. The van der Waals surface area contributed by atoms with Crippen LogP contribution in [0.3, 0.4) is 0 Å². The topological polar surface area (TPSA) is 50.7 Å². The van der Waals surface area contributed by atoms with Gasteiger partial charge < -0.3 is 0 Å². The van der Waals surface area contributed by atoms with Gasteiger partial charge in [0.15, 0.2) is 0 Å². The van der Waals surface area contributed by atoms with Gasteiger partial charge in [0.2, 0.25) is 0 Å². The number of nitrogens with zero attached hydrogens (tertiary/aromatic N) is 3. The van der Waals surface area contributed by atoms with Gasteiger partial charge in [-0.2, -0.15) is 0 Å². The van der Waals surface area contributed by atoms with Gasteiger partial charge in [-0.1, -0.05) is 0 Å². The molecule has 1 radical (unpaired) electrons. The van der Waals surface area contributed by atoms with E-state index in [0.29, 0.717) is 12.0 Å². The number of nitrogens with one attached hydrogen (secondary N) is 1. The van der Waals surface area contributed by atoms with Gasteiger partial charge in [-0.15, -0.1) is 0 Å². The average molecular weight is 276 g/mol. The summed E-state index contributed by atoms with van der Waals surface area (Å²) in [6.07, 6.45) is 0. The summed E-state index contributed by atoms with van der Waals surface area (Å²) in [5, 5.41) is 4.49. The molecule has 0 saturated heterocycles. The quantitative estimate of drug-likeness (QED) is 0.837. The number of hydrogen-bond acceptors (Lipinski definition) is 4. The summed E-state index contributed by atoms with van der Waals surface area (Å²) in [5.74, 6) is 0.582. The van der Waals surface area contributed by atoms with Crippen LogP contribution in [-0.2, 0) is 0 Å². The number of hydrogen-bond donors (Lipinski definition) is 1. The van der Waals surface area contributed by atoms with E-state index in [2.05, 4.69) is 27.2 Å². The SMILES string of the molecule is CC[As]c1nc(Cl)nc(NC(C)C)n1. The summed E-state index contributed by atoms with van der Waals surface area (Å²) in [6, 6.07) is 0.305. The Bertz CT molecular complexity index is 305. The average Bonchev–Trinajstić information content (AvgIpc) is 2.01. The maximum absolute atomic E-state index is 5.78. The van der Waals surface area contributed by atoms with Crippen LogP contribution in [0.15, 0.2) is 0 Å². The summed E-state index contributed by atoms with van der Waals surface area (Å²) in [6.45, 7) is 6.18. The molecule has 0 bridgehead atoms. The molecule has 4 nitrogen and oxygen atoms in total. The van der Waals surface area contributed by atoms with Crippen molar-refractivity contribution in [2.75, 3.05) is 5.32 Å². The predicted molar refractivity (Wildman–Crippen MR) is 59.5 cm³/mol. The van der Waals surface area contributed by atoms with Crippen LogP contribution in [0.2, 0.25) is 10.5 Å². The molecular formula is C8H13AsClN4. The first-order valence-corrected chi connectivity index (χ1v) is 7.11. The van der Waals surface area contributed by atoms with E-state index < -0.39 is 0 Å². The standard InChI is InChI=1S/C8H13AsClN4/c1-4-9-6-12-7(10)14-8(13-6)11-5(2)3/h5H,4H2,1-3H3,(H,11,12,13,14). The molecule has 0 aromatic carbocycles. The Morgan fingerprint density at radius 3 is 2.64 bits per heavy atom. The van der Waals surface area contributed by atoms with Crippen molar-refractivity contribution in [3.8, 4) is 0 Å². The van der Waals surface area contributed by atoms with Crippen molar-refractivity contribution < 1.29 is 0 Å². The third-order valence-electron chi connectivity index (χ3n) is 1.31. The van der Waals surface area contributed by atoms with Crippen molar-refractivity contribution in [2.45, 2.75) is 32.0 Å². The second-order valence-electron chi connectivity index (χ2n) is 3.00. The van der Waals surface area contributed by atoms with E-state index in [1.54, 1.807) is 0 Å². The summed E-state index contributed by atoms with van der Waals surface area (Å²) < 4.78 is 0.840. The fourth-order valence-electron chi connectivity index (χ4n) is 0.875. The Morgan fingerprint density at radius 1 is 1.36 bits per heavy atom. The Kier molecular flexibility index (Phi) is 4.62. The molecule has 0 aliphatic heterocycles. The molecule has 1 heterocycles. The molecule has 0 unspecified atom stereocenters. The molecule has 0 atom stereocenters. The molecule has 6 heteroatoms. The van der Waals surface area contributed by atoms with Gasteiger partial charge in [-0.3, -0.25) is 0 Å². The number of anilines is 1. The van der Waals surface area contributed by atoms with Crippen LogP contribution in [0.4, 0.5) is 5.95 Å².